The number of hydrogen-bond acceptors (Lipinski definition) is 9. The Hall–Kier alpha value is -3.70. The van der Waals surface area contributed by atoms with Gasteiger partial charge in [-0.15, -0.1) is 0 Å². The highest BCUT2D eigenvalue weighted by Gasteiger charge is 2.41. The zero-order valence-corrected chi connectivity index (χ0v) is 21.3. The summed E-state index contributed by atoms with van der Waals surface area (Å²) in [6.45, 7) is 3.18. The number of fused-ring (bicyclic) bond motifs is 1. The molecular weight excluding hydrogens is 492 g/mol. The number of aromatic hydroxyl groups is 1. The van der Waals surface area contributed by atoms with Crippen molar-refractivity contribution in [3.05, 3.63) is 53.8 Å². The molecule has 1 fully saturated rings. The quantitative estimate of drug-likeness (QED) is 0.162. The molecule has 1 aromatic rings. The fourth-order valence-electron chi connectivity index (χ4n) is 5.15. The summed E-state index contributed by atoms with van der Waals surface area (Å²) in [7, 11) is 0. The van der Waals surface area contributed by atoms with Gasteiger partial charge in [0.15, 0.2) is 5.78 Å². The molecule has 0 saturated carbocycles. The van der Waals surface area contributed by atoms with Crippen molar-refractivity contribution in [3.63, 3.8) is 0 Å². The van der Waals surface area contributed by atoms with Crippen molar-refractivity contribution in [2.75, 3.05) is 32.8 Å². The van der Waals surface area contributed by atoms with Crippen LogP contribution in [0.3, 0.4) is 0 Å². The molecule has 11 nitrogen and oxygen atoms in total. The number of amides is 1. The summed E-state index contributed by atoms with van der Waals surface area (Å²) in [5.41, 5.74) is 3.40. The highest BCUT2D eigenvalue weighted by molar-refractivity contribution is 6.07. The van der Waals surface area contributed by atoms with Crippen LogP contribution >= 0.6 is 0 Å². The van der Waals surface area contributed by atoms with Gasteiger partial charge in [-0.2, -0.15) is 0 Å². The molecule has 2 aliphatic heterocycles. The number of nitrogens with zero attached hydrogens (tertiary/aromatic N) is 2. The maximum atomic E-state index is 13.8. The molecule has 11 heteroatoms. The topological polar surface area (TPSA) is 152 Å². The second-order valence-corrected chi connectivity index (χ2v) is 9.67. The Kier molecular flexibility index (Phi) is 8.80. The smallest absolute Gasteiger partial charge is 0.332 e. The van der Waals surface area contributed by atoms with Gasteiger partial charge in [0.1, 0.15) is 24.2 Å². The van der Waals surface area contributed by atoms with Crippen LogP contribution in [-0.4, -0.2) is 88.6 Å². The van der Waals surface area contributed by atoms with E-state index in [0.29, 0.717) is 45.5 Å². The Morgan fingerprint density at radius 3 is 2.58 bits per heavy atom. The maximum Gasteiger partial charge on any atom is 0.332 e. The van der Waals surface area contributed by atoms with E-state index in [1.807, 2.05) is 11.1 Å². The van der Waals surface area contributed by atoms with Crippen LogP contribution in [0.25, 0.3) is 0 Å². The van der Waals surface area contributed by atoms with Gasteiger partial charge in [-0.05, 0) is 43.0 Å². The van der Waals surface area contributed by atoms with Gasteiger partial charge in [0.25, 0.3) is 0 Å². The minimum absolute atomic E-state index is 0.0739. The lowest BCUT2D eigenvalue weighted by Gasteiger charge is -2.37. The van der Waals surface area contributed by atoms with Crippen LogP contribution in [-0.2, 0) is 30.3 Å². The average Bonchev–Trinajstić information content (AvgIpc) is 3.36. The van der Waals surface area contributed by atoms with Crippen LogP contribution < -0.4 is 5.48 Å². The highest BCUT2D eigenvalue weighted by atomic mass is 16.6. The van der Waals surface area contributed by atoms with Crippen molar-refractivity contribution in [1.82, 2.24) is 15.3 Å². The van der Waals surface area contributed by atoms with Crippen LogP contribution in [0.1, 0.15) is 25.3 Å². The summed E-state index contributed by atoms with van der Waals surface area (Å²) in [4.78, 5) is 42.2. The SMILES string of the molecule is CCOC(=O)COC1CCN(C(=O)[C@H](Cc2ccc(O)cc2)N2C=C3C=CC(C(=N)NO)C(=O)C3C2)CC1. The third kappa shape index (κ3) is 6.22. The Morgan fingerprint density at radius 1 is 1.21 bits per heavy atom. The molecule has 1 aromatic carbocycles. The minimum atomic E-state index is -0.859. The molecule has 204 valence electrons. The van der Waals surface area contributed by atoms with Gasteiger partial charge < -0.3 is 24.4 Å². The standard InChI is InChI=1S/C27H34N4O7/c1-2-37-24(33)16-38-20-9-11-30(12-10-20)27(35)23(13-17-3-6-19(32)7-4-17)31-14-18-5-8-21(26(28)29-36)25(34)22(18)15-31/h3-8,14,20-23,32,36H,2,9-13,15-16H2,1H3,(H2,28,29)/t21?,22?,23-/m0/s1. The molecule has 38 heavy (non-hydrogen) atoms. The number of benzene rings is 1. The Bertz CT molecular complexity index is 1110. The number of ketones is 1. The number of hydrogen-bond donors (Lipinski definition) is 4. The summed E-state index contributed by atoms with van der Waals surface area (Å²) in [5, 5.41) is 26.6. The Labute approximate surface area is 221 Å². The zero-order valence-electron chi connectivity index (χ0n) is 21.3. The lowest BCUT2D eigenvalue weighted by atomic mass is 9.82. The molecule has 4 N–H and O–H groups in total. The second-order valence-electron chi connectivity index (χ2n) is 9.67. The number of ether oxygens (including phenoxy) is 2. The molecule has 0 spiro atoms. The van der Waals surface area contributed by atoms with Crippen LogP contribution in [0.5, 0.6) is 5.75 Å². The zero-order chi connectivity index (χ0) is 27.2. The van der Waals surface area contributed by atoms with E-state index < -0.39 is 23.8 Å². The molecule has 2 unspecified atom stereocenters. The Morgan fingerprint density at radius 2 is 1.92 bits per heavy atom. The van der Waals surface area contributed by atoms with E-state index in [2.05, 4.69) is 0 Å². The molecule has 2 heterocycles. The third-order valence-electron chi connectivity index (χ3n) is 7.22. The number of carbonyl (C=O) groups is 3. The highest BCUT2D eigenvalue weighted by Crippen LogP contribution is 2.33. The van der Waals surface area contributed by atoms with Gasteiger partial charge in [0, 0.05) is 32.3 Å². The van der Waals surface area contributed by atoms with Gasteiger partial charge in [-0.3, -0.25) is 25.7 Å². The van der Waals surface area contributed by atoms with Crippen LogP contribution in [0, 0.1) is 17.2 Å². The van der Waals surface area contributed by atoms with Crippen molar-refractivity contribution in [1.29, 1.82) is 5.41 Å². The number of carbonyl (C=O) groups excluding carboxylic acids is 3. The first kappa shape index (κ1) is 27.3. The van der Waals surface area contributed by atoms with Crippen LogP contribution in [0.4, 0.5) is 0 Å². The molecule has 1 amide bonds. The molecule has 4 rings (SSSR count). The van der Waals surface area contributed by atoms with E-state index in [1.165, 1.54) is 0 Å². The number of likely N-dealkylation sites (tertiary alicyclic amines) is 1. The van der Waals surface area contributed by atoms with Crippen molar-refractivity contribution >= 4 is 23.5 Å². The molecule has 0 bridgehead atoms. The summed E-state index contributed by atoms with van der Waals surface area (Å²) in [6, 6.07) is 6.13. The molecule has 0 radical (unpaired) electrons. The Balaban J connectivity index is 1.46. The number of phenols is 1. The van der Waals surface area contributed by atoms with E-state index in [9.17, 15) is 19.5 Å². The number of piperidine rings is 1. The van der Waals surface area contributed by atoms with E-state index in [-0.39, 0.29) is 36.0 Å². The van der Waals surface area contributed by atoms with Crippen molar-refractivity contribution in [3.8, 4) is 5.75 Å². The van der Waals surface area contributed by atoms with Crippen molar-refractivity contribution < 1.29 is 34.2 Å². The molecule has 1 aliphatic carbocycles. The first-order valence-corrected chi connectivity index (χ1v) is 12.8. The van der Waals surface area contributed by atoms with Crippen LogP contribution in [0.15, 0.2) is 48.2 Å². The number of nitrogens with one attached hydrogen (secondary N) is 2. The van der Waals surface area contributed by atoms with E-state index >= 15 is 0 Å². The first-order valence-electron chi connectivity index (χ1n) is 12.8. The summed E-state index contributed by atoms with van der Waals surface area (Å²) >= 11 is 0. The first-order chi connectivity index (χ1) is 18.3. The third-order valence-corrected chi connectivity index (χ3v) is 7.22. The van der Waals surface area contributed by atoms with Gasteiger partial charge in [0.2, 0.25) is 5.91 Å². The van der Waals surface area contributed by atoms with Crippen molar-refractivity contribution in [2.24, 2.45) is 11.8 Å². The fourth-order valence-corrected chi connectivity index (χ4v) is 5.15. The number of rotatable bonds is 9. The second kappa shape index (κ2) is 12.2. The number of allylic oxidation sites excluding steroid dienone is 1. The van der Waals surface area contributed by atoms with E-state index in [1.54, 1.807) is 53.7 Å². The monoisotopic (exact) mass is 526 g/mol. The molecule has 0 aromatic heterocycles. The molecule has 3 aliphatic rings. The maximum absolute atomic E-state index is 13.8. The number of esters is 1. The van der Waals surface area contributed by atoms with Gasteiger partial charge in [-0.25, -0.2) is 4.79 Å². The molecule has 3 atom stereocenters. The number of amidine groups is 1. The van der Waals surface area contributed by atoms with Crippen molar-refractivity contribution in [2.45, 2.75) is 38.3 Å². The number of Topliss-reactive ketones (excluding diaryl/α,β-unsaturated/α-hetero) is 1. The largest absolute Gasteiger partial charge is 0.508 e. The number of hydroxylamine groups is 1. The molecular formula is C27H34N4O7. The lowest BCUT2D eigenvalue weighted by molar-refractivity contribution is -0.152. The summed E-state index contributed by atoms with van der Waals surface area (Å²) < 4.78 is 10.6. The predicted octanol–water partition coefficient (Wildman–Crippen LogP) is 1.40. The van der Waals surface area contributed by atoms with E-state index in [4.69, 9.17) is 20.1 Å². The van der Waals surface area contributed by atoms with Gasteiger partial charge >= 0.3 is 5.97 Å². The number of phenolic OH excluding ortho intramolecular Hbond substituents is 1. The minimum Gasteiger partial charge on any atom is -0.508 e. The van der Waals surface area contributed by atoms with Crippen LogP contribution in [0.2, 0.25) is 0 Å². The summed E-state index contributed by atoms with van der Waals surface area (Å²) in [5.74, 6) is -2.19. The predicted molar refractivity (Wildman–Crippen MR) is 136 cm³/mol. The normalized spacial score (nSPS) is 22.1. The van der Waals surface area contributed by atoms with E-state index in [0.717, 1.165) is 11.1 Å². The van der Waals surface area contributed by atoms with Gasteiger partial charge in [-0.1, -0.05) is 24.3 Å². The average molecular weight is 527 g/mol. The lowest BCUT2D eigenvalue weighted by Crippen LogP contribution is -2.51. The molecule has 1 saturated heterocycles. The fraction of sp³-hybridized carbons (Fsp3) is 0.481. The van der Waals surface area contributed by atoms with Gasteiger partial charge in [0.05, 0.1) is 24.5 Å². The summed E-state index contributed by atoms with van der Waals surface area (Å²) in [6.07, 6.45) is 6.63.